The number of fused-ring (bicyclic) bond motifs is 1. The van der Waals surface area contributed by atoms with Gasteiger partial charge in [-0.2, -0.15) is 4.98 Å². The quantitative estimate of drug-likeness (QED) is 0.499. The maximum atomic E-state index is 11.7. The fourth-order valence-electron chi connectivity index (χ4n) is 2.11. The molecule has 9 heteroatoms. The Morgan fingerprint density at radius 3 is 2.83 bits per heavy atom. The van der Waals surface area contributed by atoms with E-state index in [0.717, 1.165) is 0 Å². The molecule has 2 aromatic heterocycles. The number of H-pyrrole nitrogens is 1. The first-order chi connectivity index (χ1) is 11.7. The Balaban J connectivity index is 1.53. The molecule has 0 unspecified atom stereocenters. The second-order valence-electron chi connectivity index (χ2n) is 4.84. The molecule has 2 heterocycles. The highest BCUT2D eigenvalue weighted by atomic mass is 16.6. The van der Waals surface area contributed by atoms with E-state index in [1.165, 1.54) is 10.9 Å². The van der Waals surface area contributed by atoms with Crippen molar-refractivity contribution in [1.29, 1.82) is 0 Å². The molecule has 0 radical (unpaired) electrons. The third kappa shape index (κ3) is 3.25. The van der Waals surface area contributed by atoms with Gasteiger partial charge in [0.1, 0.15) is 13.3 Å². The summed E-state index contributed by atoms with van der Waals surface area (Å²) in [6.45, 7) is 0.282. The van der Waals surface area contributed by atoms with Gasteiger partial charge in [-0.15, -0.1) is 0 Å². The molecular formula is C15H15N5O4. The Morgan fingerprint density at radius 2 is 2.04 bits per heavy atom. The molecule has 3 aromatic rings. The summed E-state index contributed by atoms with van der Waals surface area (Å²) in [4.78, 5) is 33.8. The third-order valence-corrected chi connectivity index (χ3v) is 3.27. The number of nitrogens with two attached hydrogens (primary N) is 1. The molecule has 0 aliphatic rings. The number of hydrogen-bond acceptors (Lipinski definition) is 7. The number of nitrogens with zero attached hydrogens (tertiary/aromatic N) is 3. The minimum atomic E-state index is -0.479. The number of rotatable bonds is 6. The molecule has 24 heavy (non-hydrogen) atoms. The van der Waals surface area contributed by atoms with Crippen LogP contribution in [0.4, 0.5) is 5.95 Å². The first kappa shape index (κ1) is 15.7. The van der Waals surface area contributed by atoms with Gasteiger partial charge in [-0.3, -0.25) is 9.36 Å². The van der Waals surface area contributed by atoms with Gasteiger partial charge < -0.3 is 20.2 Å². The zero-order valence-electron chi connectivity index (χ0n) is 12.6. The third-order valence-electron chi connectivity index (χ3n) is 3.27. The molecule has 0 aliphatic heterocycles. The van der Waals surface area contributed by atoms with Crippen LogP contribution < -0.4 is 11.3 Å². The Labute approximate surface area is 136 Å². The van der Waals surface area contributed by atoms with E-state index < -0.39 is 11.5 Å². The Morgan fingerprint density at radius 1 is 1.25 bits per heavy atom. The maximum Gasteiger partial charge on any atom is 0.338 e. The Hall–Kier alpha value is -3.20. The molecule has 9 nitrogen and oxygen atoms in total. The zero-order chi connectivity index (χ0) is 16.9. The summed E-state index contributed by atoms with van der Waals surface area (Å²) in [5.74, 6) is -0.417. The van der Waals surface area contributed by atoms with Crippen LogP contribution in [-0.4, -0.2) is 38.7 Å². The van der Waals surface area contributed by atoms with E-state index in [9.17, 15) is 9.59 Å². The van der Waals surface area contributed by atoms with E-state index in [-0.39, 0.29) is 31.4 Å². The van der Waals surface area contributed by atoms with E-state index >= 15 is 0 Å². The Kier molecular flexibility index (Phi) is 4.52. The largest absolute Gasteiger partial charge is 0.460 e. The number of aromatic amines is 1. The summed E-state index contributed by atoms with van der Waals surface area (Å²) in [6.07, 6.45) is 1.38. The van der Waals surface area contributed by atoms with Crippen LogP contribution in [-0.2, 0) is 16.2 Å². The van der Waals surface area contributed by atoms with E-state index in [1.54, 1.807) is 24.3 Å². The summed E-state index contributed by atoms with van der Waals surface area (Å²) in [6, 6.07) is 8.68. The average molecular weight is 329 g/mol. The molecule has 0 saturated heterocycles. The summed E-state index contributed by atoms with van der Waals surface area (Å²) in [5, 5.41) is 0. The predicted molar refractivity (Wildman–Crippen MR) is 85.2 cm³/mol. The van der Waals surface area contributed by atoms with Crippen molar-refractivity contribution in [2.45, 2.75) is 6.73 Å². The fourth-order valence-corrected chi connectivity index (χ4v) is 2.11. The number of anilines is 1. The zero-order valence-corrected chi connectivity index (χ0v) is 12.6. The molecule has 0 amide bonds. The number of ether oxygens (including phenoxy) is 2. The minimum Gasteiger partial charge on any atom is -0.460 e. The number of nitrogens with one attached hydrogen (secondary N) is 1. The highest BCUT2D eigenvalue weighted by Crippen LogP contribution is 2.08. The molecule has 0 atom stereocenters. The van der Waals surface area contributed by atoms with Gasteiger partial charge in [0.15, 0.2) is 11.2 Å². The van der Waals surface area contributed by atoms with Crippen LogP contribution >= 0.6 is 0 Å². The second-order valence-corrected chi connectivity index (χ2v) is 4.84. The van der Waals surface area contributed by atoms with Crippen molar-refractivity contribution in [3.05, 3.63) is 52.6 Å². The summed E-state index contributed by atoms with van der Waals surface area (Å²) in [7, 11) is 0. The van der Waals surface area contributed by atoms with Gasteiger partial charge >= 0.3 is 11.5 Å². The highest BCUT2D eigenvalue weighted by molar-refractivity contribution is 5.89. The number of esters is 1. The first-order valence-corrected chi connectivity index (χ1v) is 7.16. The summed E-state index contributed by atoms with van der Waals surface area (Å²) >= 11 is 0. The molecule has 0 fully saturated rings. The van der Waals surface area contributed by atoms with Gasteiger partial charge in [0.25, 0.3) is 0 Å². The lowest BCUT2D eigenvalue weighted by Crippen LogP contribution is -2.20. The molecule has 0 aliphatic carbocycles. The SMILES string of the molecule is Nc1nc(=O)c2[nH]cnc2n1COCCOC(=O)c1ccccc1. The normalized spacial score (nSPS) is 10.8. The number of carbonyl (C=O) groups is 1. The Bertz CT molecular complexity index is 903. The van der Waals surface area contributed by atoms with E-state index in [1.807, 2.05) is 6.07 Å². The van der Waals surface area contributed by atoms with Crippen LogP contribution in [0.2, 0.25) is 0 Å². The van der Waals surface area contributed by atoms with Crippen molar-refractivity contribution in [3.63, 3.8) is 0 Å². The van der Waals surface area contributed by atoms with Crippen LogP contribution in [0, 0.1) is 0 Å². The van der Waals surface area contributed by atoms with Gasteiger partial charge in [0, 0.05) is 0 Å². The van der Waals surface area contributed by atoms with Gasteiger partial charge in [-0.05, 0) is 12.1 Å². The van der Waals surface area contributed by atoms with Gasteiger partial charge in [0.05, 0.1) is 18.5 Å². The minimum absolute atomic E-state index is 0.000815. The number of imidazole rings is 1. The smallest absolute Gasteiger partial charge is 0.338 e. The number of benzene rings is 1. The van der Waals surface area contributed by atoms with Crippen molar-refractivity contribution in [2.75, 3.05) is 18.9 Å². The molecular weight excluding hydrogens is 314 g/mol. The van der Waals surface area contributed by atoms with Crippen molar-refractivity contribution in [2.24, 2.45) is 0 Å². The fraction of sp³-hybridized carbons (Fsp3) is 0.200. The van der Waals surface area contributed by atoms with E-state index in [4.69, 9.17) is 15.2 Å². The molecule has 124 valence electrons. The summed E-state index contributed by atoms with van der Waals surface area (Å²) < 4.78 is 12.0. The topological polar surface area (TPSA) is 125 Å². The molecule has 0 spiro atoms. The van der Waals surface area contributed by atoms with Gasteiger partial charge in [-0.1, -0.05) is 18.2 Å². The van der Waals surface area contributed by atoms with Crippen LogP contribution in [0.25, 0.3) is 11.2 Å². The van der Waals surface area contributed by atoms with Crippen molar-refractivity contribution < 1.29 is 14.3 Å². The number of hydrogen-bond donors (Lipinski definition) is 2. The first-order valence-electron chi connectivity index (χ1n) is 7.16. The monoisotopic (exact) mass is 329 g/mol. The molecule has 0 saturated carbocycles. The number of aromatic nitrogens is 4. The van der Waals surface area contributed by atoms with Crippen molar-refractivity contribution in [3.8, 4) is 0 Å². The standard InChI is InChI=1S/C15H15N5O4/c16-15-19-13(21)11-12(18-8-17-11)20(15)9-23-6-7-24-14(22)10-4-2-1-3-5-10/h1-5,8H,6-7,9H2,(H,17,18)(H2,16,19,21). The van der Waals surface area contributed by atoms with Crippen molar-refractivity contribution >= 4 is 23.1 Å². The average Bonchev–Trinajstić information content (AvgIpc) is 3.08. The summed E-state index contributed by atoms with van der Waals surface area (Å²) in [5.41, 5.74) is 6.32. The van der Waals surface area contributed by atoms with Gasteiger partial charge in [-0.25, -0.2) is 9.78 Å². The predicted octanol–water partition coefficient (Wildman–Crippen LogP) is 0.533. The molecule has 1 aromatic carbocycles. The van der Waals surface area contributed by atoms with Crippen LogP contribution in [0.5, 0.6) is 0 Å². The molecule has 0 bridgehead atoms. The number of carbonyl (C=O) groups excluding carboxylic acids is 1. The lowest BCUT2D eigenvalue weighted by Gasteiger charge is -2.11. The van der Waals surface area contributed by atoms with E-state index in [0.29, 0.717) is 11.2 Å². The lowest BCUT2D eigenvalue weighted by molar-refractivity contribution is 0.0183. The van der Waals surface area contributed by atoms with Crippen LogP contribution in [0.3, 0.4) is 0 Å². The van der Waals surface area contributed by atoms with Gasteiger partial charge in [0.2, 0.25) is 5.95 Å². The van der Waals surface area contributed by atoms with Crippen LogP contribution in [0.15, 0.2) is 41.5 Å². The lowest BCUT2D eigenvalue weighted by atomic mass is 10.2. The maximum absolute atomic E-state index is 11.7. The molecule has 3 rings (SSSR count). The van der Waals surface area contributed by atoms with E-state index in [2.05, 4.69) is 15.0 Å². The van der Waals surface area contributed by atoms with Crippen molar-refractivity contribution in [1.82, 2.24) is 19.5 Å². The second kappa shape index (κ2) is 6.92. The number of nitrogen functional groups attached to an aromatic ring is 1. The molecule has 3 N–H and O–H groups in total. The highest BCUT2D eigenvalue weighted by Gasteiger charge is 2.11. The van der Waals surface area contributed by atoms with Crippen LogP contribution in [0.1, 0.15) is 10.4 Å².